The number of ether oxygens (including phenoxy) is 1. The molecule has 1 heterocycles. The molecule has 102 valence electrons. The zero-order chi connectivity index (χ0) is 13.4. The van der Waals surface area contributed by atoms with Gasteiger partial charge in [-0.25, -0.2) is 9.18 Å². The van der Waals surface area contributed by atoms with Crippen LogP contribution in [0.25, 0.3) is 0 Å². The van der Waals surface area contributed by atoms with Crippen LogP contribution in [0.3, 0.4) is 0 Å². The number of alkyl halides is 1. The van der Waals surface area contributed by atoms with E-state index in [-0.39, 0.29) is 25.4 Å². The van der Waals surface area contributed by atoms with Gasteiger partial charge < -0.3 is 14.7 Å². The second kappa shape index (κ2) is 4.50. The van der Waals surface area contributed by atoms with E-state index >= 15 is 0 Å². The lowest BCUT2D eigenvalue weighted by molar-refractivity contribution is -0.150. The Bertz CT molecular complexity index is 369. The zero-order valence-electron chi connectivity index (χ0n) is 10.4. The Morgan fingerprint density at radius 3 is 2.50 bits per heavy atom. The van der Waals surface area contributed by atoms with Crippen molar-refractivity contribution in [2.75, 3.05) is 26.8 Å². The second-order valence-electron chi connectivity index (χ2n) is 5.27. The largest absolute Gasteiger partial charge is 0.479 e. The number of methoxy groups -OCH3 is 1. The standard InChI is InChI=1S/C12H18FNO4/c1-18-7-5-11(2-3-11)9(15)14-6-4-12(13,8-14)10(16)17/h2-8H2,1H3,(H,16,17). The zero-order valence-corrected chi connectivity index (χ0v) is 10.4. The Kier molecular flexibility index (Phi) is 3.31. The van der Waals surface area contributed by atoms with Crippen LogP contribution in [-0.2, 0) is 14.3 Å². The number of hydrogen-bond donors (Lipinski definition) is 1. The van der Waals surface area contributed by atoms with Crippen molar-refractivity contribution in [1.29, 1.82) is 0 Å². The van der Waals surface area contributed by atoms with Gasteiger partial charge in [0.05, 0.1) is 12.0 Å². The van der Waals surface area contributed by atoms with E-state index in [2.05, 4.69) is 0 Å². The SMILES string of the molecule is COCCC1(C(=O)N2CCC(F)(C(=O)O)C2)CC1. The minimum absolute atomic E-state index is 0.111. The third kappa shape index (κ3) is 2.21. The van der Waals surface area contributed by atoms with Crippen LogP contribution in [0.1, 0.15) is 25.7 Å². The van der Waals surface area contributed by atoms with Crippen molar-refractivity contribution < 1.29 is 23.8 Å². The molecule has 18 heavy (non-hydrogen) atoms. The van der Waals surface area contributed by atoms with Crippen molar-refractivity contribution in [3.8, 4) is 0 Å². The van der Waals surface area contributed by atoms with Crippen LogP contribution in [0.4, 0.5) is 4.39 Å². The van der Waals surface area contributed by atoms with Crippen molar-refractivity contribution in [3.63, 3.8) is 0 Å². The van der Waals surface area contributed by atoms with E-state index in [1.54, 1.807) is 7.11 Å². The summed E-state index contributed by atoms with van der Waals surface area (Å²) in [6, 6.07) is 0. The number of rotatable bonds is 5. The second-order valence-corrected chi connectivity index (χ2v) is 5.27. The highest BCUT2D eigenvalue weighted by Gasteiger charge is 2.55. The Balaban J connectivity index is 1.98. The van der Waals surface area contributed by atoms with Crippen LogP contribution in [0.15, 0.2) is 0 Å². The van der Waals surface area contributed by atoms with Crippen LogP contribution in [0, 0.1) is 5.41 Å². The van der Waals surface area contributed by atoms with Crippen LogP contribution in [0.2, 0.25) is 0 Å². The molecule has 0 aromatic heterocycles. The number of halogens is 1. The van der Waals surface area contributed by atoms with E-state index < -0.39 is 17.1 Å². The maximum absolute atomic E-state index is 13.9. The number of carboxylic acids is 1. The summed E-state index contributed by atoms with van der Waals surface area (Å²) in [6.45, 7) is 0.367. The molecule has 2 rings (SSSR count). The molecule has 0 bridgehead atoms. The summed E-state index contributed by atoms with van der Waals surface area (Å²) in [4.78, 5) is 24.4. The predicted molar refractivity (Wildman–Crippen MR) is 60.8 cm³/mol. The Morgan fingerprint density at radius 2 is 2.06 bits per heavy atom. The van der Waals surface area contributed by atoms with Gasteiger partial charge in [0.1, 0.15) is 0 Å². The number of aliphatic carboxylic acids is 1. The van der Waals surface area contributed by atoms with Crippen molar-refractivity contribution in [3.05, 3.63) is 0 Å². The molecule has 1 unspecified atom stereocenters. The molecule has 2 fully saturated rings. The van der Waals surface area contributed by atoms with Gasteiger partial charge in [0.15, 0.2) is 0 Å². The quantitative estimate of drug-likeness (QED) is 0.794. The average molecular weight is 259 g/mol. The van der Waals surface area contributed by atoms with Gasteiger partial charge in [-0.05, 0) is 19.3 Å². The number of amides is 1. The molecule has 0 aromatic carbocycles. The first-order chi connectivity index (χ1) is 8.43. The third-order valence-corrected chi connectivity index (χ3v) is 3.98. The normalized spacial score (nSPS) is 29.3. The fourth-order valence-corrected chi connectivity index (χ4v) is 2.48. The molecule has 5 nitrogen and oxygen atoms in total. The van der Waals surface area contributed by atoms with E-state index in [0.29, 0.717) is 13.0 Å². The molecule has 1 saturated heterocycles. The first-order valence-corrected chi connectivity index (χ1v) is 6.14. The molecule has 6 heteroatoms. The molecule has 0 radical (unpaired) electrons. The Hall–Kier alpha value is -1.17. The summed E-state index contributed by atoms with van der Waals surface area (Å²) in [5, 5.41) is 8.80. The number of carbonyl (C=O) groups excluding carboxylic acids is 1. The molecule has 1 amide bonds. The highest BCUT2D eigenvalue weighted by molar-refractivity contribution is 5.87. The minimum atomic E-state index is -2.27. The molecule has 1 aliphatic carbocycles. The van der Waals surface area contributed by atoms with Gasteiger partial charge >= 0.3 is 5.97 Å². The molecule has 0 spiro atoms. The minimum Gasteiger partial charge on any atom is -0.479 e. The number of hydrogen-bond acceptors (Lipinski definition) is 3. The predicted octanol–water partition coefficient (Wildman–Crippen LogP) is 0.828. The van der Waals surface area contributed by atoms with Gasteiger partial charge in [-0.3, -0.25) is 4.79 Å². The number of carboxylic acid groups (broad SMARTS) is 1. The van der Waals surface area contributed by atoms with Gasteiger partial charge in [0.2, 0.25) is 11.6 Å². The van der Waals surface area contributed by atoms with Gasteiger partial charge in [0.25, 0.3) is 0 Å². The topological polar surface area (TPSA) is 66.8 Å². The third-order valence-electron chi connectivity index (χ3n) is 3.98. The lowest BCUT2D eigenvalue weighted by atomic mass is 10.0. The summed E-state index contributed by atoms with van der Waals surface area (Å²) in [6.07, 6.45) is 2.09. The van der Waals surface area contributed by atoms with E-state index in [0.717, 1.165) is 12.8 Å². The summed E-state index contributed by atoms with van der Waals surface area (Å²) in [5.74, 6) is -1.58. The fraction of sp³-hybridized carbons (Fsp3) is 0.833. The molecule has 1 aliphatic heterocycles. The van der Waals surface area contributed by atoms with Gasteiger partial charge in [-0.15, -0.1) is 0 Å². The van der Waals surface area contributed by atoms with E-state index in [9.17, 15) is 14.0 Å². The fourth-order valence-electron chi connectivity index (χ4n) is 2.48. The highest BCUT2D eigenvalue weighted by atomic mass is 19.1. The van der Waals surface area contributed by atoms with Crippen LogP contribution < -0.4 is 0 Å². The number of likely N-dealkylation sites (tertiary alicyclic amines) is 1. The van der Waals surface area contributed by atoms with Crippen LogP contribution in [0.5, 0.6) is 0 Å². The summed E-state index contributed by atoms with van der Waals surface area (Å²) < 4.78 is 18.9. The van der Waals surface area contributed by atoms with E-state index in [4.69, 9.17) is 9.84 Å². The summed E-state index contributed by atoms with van der Waals surface area (Å²) in [5.41, 5.74) is -2.69. The van der Waals surface area contributed by atoms with Gasteiger partial charge in [-0.1, -0.05) is 0 Å². The molecule has 1 saturated carbocycles. The number of nitrogens with zero attached hydrogens (tertiary/aromatic N) is 1. The Labute approximate surface area is 105 Å². The van der Waals surface area contributed by atoms with Crippen molar-refractivity contribution in [2.45, 2.75) is 31.4 Å². The monoisotopic (exact) mass is 259 g/mol. The molecular weight excluding hydrogens is 241 g/mol. The molecular formula is C12H18FNO4. The first-order valence-electron chi connectivity index (χ1n) is 6.14. The lowest BCUT2D eigenvalue weighted by Gasteiger charge is -2.23. The van der Waals surface area contributed by atoms with E-state index in [1.807, 2.05) is 0 Å². The molecule has 0 aromatic rings. The van der Waals surface area contributed by atoms with Gasteiger partial charge in [0, 0.05) is 26.7 Å². The maximum atomic E-state index is 13.9. The van der Waals surface area contributed by atoms with Crippen molar-refractivity contribution in [1.82, 2.24) is 4.90 Å². The lowest BCUT2D eigenvalue weighted by Crippen LogP contribution is -2.41. The van der Waals surface area contributed by atoms with Crippen molar-refractivity contribution >= 4 is 11.9 Å². The van der Waals surface area contributed by atoms with Gasteiger partial charge in [-0.2, -0.15) is 0 Å². The highest BCUT2D eigenvalue weighted by Crippen LogP contribution is 2.51. The van der Waals surface area contributed by atoms with E-state index in [1.165, 1.54) is 4.90 Å². The Morgan fingerprint density at radius 1 is 1.39 bits per heavy atom. The smallest absolute Gasteiger partial charge is 0.343 e. The molecule has 1 N–H and O–H groups in total. The molecule has 2 aliphatic rings. The summed E-state index contributed by atoms with van der Waals surface area (Å²) >= 11 is 0. The average Bonchev–Trinajstić information content (AvgIpc) is 3.02. The van der Waals surface area contributed by atoms with Crippen LogP contribution >= 0.6 is 0 Å². The molecule has 1 atom stereocenters. The van der Waals surface area contributed by atoms with Crippen LogP contribution in [-0.4, -0.2) is 54.4 Å². The number of carbonyl (C=O) groups is 2. The van der Waals surface area contributed by atoms with Crippen molar-refractivity contribution in [2.24, 2.45) is 5.41 Å². The maximum Gasteiger partial charge on any atom is 0.343 e. The summed E-state index contributed by atoms with van der Waals surface area (Å²) in [7, 11) is 1.58. The first kappa shape index (κ1) is 13.3.